The van der Waals surface area contributed by atoms with Gasteiger partial charge in [-0.05, 0) is 0 Å². The second-order valence-electron chi connectivity index (χ2n) is 0.940. The van der Waals surface area contributed by atoms with Gasteiger partial charge in [0.15, 0.2) is 6.42 Å². The van der Waals surface area contributed by atoms with E-state index in [2.05, 4.69) is 4.52 Å². The van der Waals surface area contributed by atoms with Crippen LogP contribution in [0.5, 0.6) is 0 Å². The lowest BCUT2D eigenvalue weighted by atomic mass is 11.8. The Hall–Kier alpha value is 0.0800. The molecule has 0 aliphatic rings. The Balaban J connectivity index is 3.61. The lowest BCUT2D eigenvalue weighted by molar-refractivity contribution is 0.298. The minimum atomic E-state index is -3.82. The molecule has 0 bridgehead atoms. The first-order chi connectivity index (χ1) is 3.12. The van der Waals surface area contributed by atoms with Gasteiger partial charge in [-0.25, -0.2) is 4.39 Å². The lowest BCUT2D eigenvalue weighted by Gasteiger charge is -1.99. The minimum Gasteiger partial charge on any atom is -0.322 e. The third-order valence-corrected chi connectivity index (χ3v) is 1.31. The molecule has 0 spiro atoms. The zero-order valence-corrected chi connectivity index (χ0v) is 4.69. The highest BCUT2D eigenvalue weighted by Gasteiger charge is 2.14. The summed E-state index contributed by atoms with van der Waals surface area (Å²) in [6.45, 7) is 0. The van der Waals surface area contributed by atoms with Crippen LogP contribution in [0.4, 0.5) is 4.39 Å². The van der Waals surface area contributed by atoms with Gasteiger partial charge in [-0.1, -0.05) is 0 Å². The van der Waals surface area contributed by atoms with Crippen molar-refractivity contribution in [2.45, 2.75) is 0 Å². The van der Waals surface area contributed by atoms with Crippen LogP contribution in [0.2, 0.25) is 0 Å². The highest BCUT2D eigenvalue weighted by molar-refractivity contribution is 7.52. The predicted molar refractivity (Wildman–Crippen MR) is 22.8 cm³/mol. The summed E-state index contributed by atoms with van der Waals surface area (Å²) < 4.78 is 24.9. The summed E-state index contributed by atoms with van der Waals surface area (Å²) >= 11 is 0. The maximum Gasteiger partial charge on any atom is 0.358 e. The SMILES string of the molecule is COP(=O)(O)CF. The van der Waals surface area contributed by atoms with Crippen LogP contribution in [0.15, 0.2) is 0 Å². The third-order valence-electron chi connectivity index (χ3n) is 0.436. The van der Waals surface area contributed by atoms with E-state index in [9.17, 15) is 8.96 Å². The van der Waals surface area contributed by atoms with Crippen LogP contribution >= 0.6 is 7.60 Å². The zero-order chi connectivity index (χ0) is 5.91. The summed E-state index contributed by atoms with van der Waals surface area (Å²) in [6, 6.07) is 0. The van der Waals surface area contributed by atoms with E-state index in [0.29, 0.717) is 0 Å². The second-order valence-corrected chi connectivity index (χ2v) is 2.82. The van der Waals surface area contributed by atoms with Gasteiger partial charge in [-0.2, -0.15) is 0 Å². The topological polar surface area (TPSA) is 46.5 Å². The van der Waals surface area contributed by atoms with Gasteiger partial charge >= 0.3 is 7.60 Å². The van der Waals surface area contributed by atoms with Crippen molar-refractivity contribution in [3.63, 3.8) is 0 Å². The van der Waals surface area contributed by atoms with Crippen LogP contribution in [0.25, 0.3) is 0 Å². The molecule has 0 aromatic carbocycles. The molecule has 3 nitrogen and oxygen atoms in total. The van der Waals surface area contributed by atoms with Crippen LogP contribution in [0, 0.1) is 0 Å². The van der Waals surface area contributed by atoms with Crippen molar-refractivity contribution >= 4 is 7.60 Å². The fourth-order valence-corrected chi connectivity index (χ4v) is 0.146. The van der Waals surface area contributed by atoms with Crippen molar-refractivity contribution in [1.29, 1.82) is 0 Å². The maximum absolute atomic E-state index is 11.1. The summed E-state index contributed by atoms with van der Waals surface area (Å²) in [5.74, 6) is 0. The van der Waals surface area contributed by atoms with Gasteiger partial charge in [0.2, 0.25) is 0 Å². The van der Waals surface area contributed by atoms with Crippen molar-refractivity contribution in [3.8, 4) is 0 Å². The van der Waals surface area contributed by atoms with Crippen molar-refractivity contribution < 1.29 is 18.4 Å². The zero-order valence-electron chi connectivity index (χ0n) is 3.80. The van der Waals surface area contributed by atoms with Crippen LogP contribution in [0.1, 0.15) is 0 Å². The Labute approximate surface area is 40.6 Å². The van der Waals surface area contributed by atoms with E-state index < -0.39 is 14.0 Å². The fraction of sp³-hybridized carbons (Fsp3) is 1.00. The Kier molecular flexibility index (Phi) is 2.43. The van der Waals surface area contributed by atoms with Crippen LogP contribution < -0.4 is 0 Å². The molecule has 0 aliphatic heterocycles. The number of rotatable bonds is 2. The van der Waals surface area contributed by atoms with Crippen molar-refractivity contribution in [3.05, 3.63) is 0 Å². The van der Waals surface area contributed by atoms with Crippen LogP contribution in [-0.2, 0) is 9.09 Å². The van der Waals surface area contributed by atoms with E-state index in [-0.39, 0.29) is 0 Å². The summed E-state index contributed by atoms with van der Waals surface area (Å²) in [5, 5.41) is 0. The molecule has 1 unspecified atom stereocenters. The Morgan fingerprint density at radius 1 is 2.00 bits per heavy atom. The predicted octanol–water partition coefficient (Wildman–Crippen LogP) is 0.745. The highest BCUT2D eigenvalue weighted by atomic mass is 31.2. The van der Waals surface area contributed by atoms with Gasteiger partial charge in [0, 0.05) is 7.11 Å². The molecule has 1 N–H and O–H groups in total. The first-order valence-electron chi connectivity index (χ1n) is 1.56. The first-order valence-corrected chi connectivity index (χ1v) is 3.32. The number of hydrogen-bond acceptors (Lipinski definition) is 2. The van der Waals surface area contributed by atoms with Crippen molar-refractivity contribution in [1.82, 2.24) is 0 Å². The Morgan fingerprint density at radius 2 is 2.43 bits per heavy atom. The molecule has 0 fully saturated rings. The molecule has 5 heteroatoms. The quantitative estimate of drug-likeness (QED) is 0.558. The molecule has 0 amide bonds. The molecule has 0 heterocycles. The Bertz CT molecular complexity index is 84.9. The van der Waals surface area contributed by atoms with Gasteiger partial charge in [0.1, 0.15) is 0 Å². The summed E-state index contributed by atoms with van der Waals surface area (Å²) in [4.78, 5) is 8.09. The van der Waals surface area contributed by atoms with E-state index in [1.807, 2.05) is 0 Å². The molecular weight excluding hydrogens is 122 g/mol. The largest absolute Gasteiger partial charge is 0.358 e. The van der Waals surface area contributed by atoms with Crippen molar-refractivity contribution in [2.75, 3.05) is 13.5 Å². The molecule has 0 rings (SSSR count). The standard InChI is InChI=1S/C2H6FO3P/c1-6-7(4,5)2-3/h2H2,1H3,(H,4,5). The van der Waals surface area contributed by atoms with Crippen molar-refractivity contribution in [2.24, 2.45) is 0 Å². The average Bonchev–Trinajstić information content (AvgIpc) is 1.68. The second kappa shape index (κ2) is 2.40. The van der Waals surface area contributed by atoms with E-state index >= 15 is 0 Å². The number of hydrogen-bond donors (Lipinski definition) is 1. The van der Waals surface area contributed by atoms with Gasteiger partial charge in [-0.3, -0.25) is 4.57 Å². The van der Waals surface area contributed by atoms with Gasteiger partial charge in [-0.15, -0.1) is 0 Å². The highest BCUT2D eigenvalue weighted by Crippen LogP contribution is 2.40. The van der Waals surface area contributed by atoms with Gasteiger partial charge < -0.3 is 9.42 Å². The first kappa shape index (κ1) is 7.08. The van der Waals surface area contributed by atoms with E-state index in [4.69, 9.17) is 4.89 Å². The van der Waals surface area contributed by atoms with Crippen LogP contribution in [-0.4, -0.2) is 18.4 Å². The Morgan fingerprint density at radius 3 is 2.43 bits per heavy atom. The van der Waals surface area contributed by atoms with E-state index in [1.165, 1.54) is 0 Å². The molecule has 0 saturated heterocycles. The van der Waals surface area contributed by atoms with Crippen LogP contribution in [0.3, 0.4) is 0 Å². The molecule has 0 radical (unpaired) electrons. The van der Waals surface area contributed by atoms with E-state index in [0.717, 1.165) is 7.11 Å². The average molecular weight is 128 g/mol. The molecular formula is C2H6FO3P. The summed E-state index contributed by atoms with van der Waals surface area (Å²) in [7, 11) is -2.83. The number of halogens is 1. The minimum absolute atomic E-state index is 0.986. The van der Waals surface area contributed by atoms with Gasteiger partial charge in [0.25, 0.3) is 0 Å². The number of alkyl halides is 1. The summed E-state index contributed by atoms with van der Waals surface area (Å²) in [6.07, 6.45) is -1.32. The van der Waals surface area contributed by atoms with Gasteiger partial charge in [0.05, 0.1) is 0 Å². The molecule has 0 saturated carbocycles. The smallest absolute Gasteiger partial charge is 0.322 e. The van der Waals surface area contributed by atoms with E-state index in [1.54, 1.807) is 0 Å². The fourth-order valence-electron chi connectivity index (χ4n) is 0.0488. The third kappa shape index (κ3) is 2.74. The molecule has 0 aliphatic carbocycles. The molecule has 44 valence electrons. The molecule has 0 aromatic rings. The normalized spacial score (nSPS) is 18.7. The lowest BCUT2D eigenvalue weighted by Crippen LogP contribution is -1.82. The monoisotopic (exact) mass is 128 g/mol. The molecule has 1 atom stereocenters. The molecule has 7 heavy (non-hydrogen) atoms. The summed E-state index contributed by atoms with van der Waals surface area (Å²) in [5.41, 5.74) is 0. The molecule has 0 aromatic heterocycles. The maximum atomic E-state index is 11.1.